The van der Waals surface area contributed by atoms with Gasteiger partial charge < -0.3 is 9.88 Å². The highest BCUT2D eigenvalue weighted by atomic mass is 32.1. The summed E-state index contributed by atoms with van der Waals surface area (Å²) in [6.07, 6.45) is 3.76. The highest BCUT2D eigenvalue weighted by Gasteiger charge is 2.27. The molecule has 0 saturated carbocycles. The van der Waals surface area contributed by atoms with Crippen LogP contribution in [0, 0.1) is 13.8 Å². The molecule has 1 aliphatic rings. The Bertz CT molecular complexity index is 618. The molecule has 1 amide bonds. The van der Waals surface area contributed by atoms with Gasteiger partial charge in [-0.05, 0) is 26.7 Å². The lowest BCUT2D eigenvalue weighted by Crippen LogP contribution is -2.39. The molecule has 0 spiro atoms. The summed E-state index contributed by atoms with van der Waals surface area (Å²) < 4.78 is 0. The Labute approximate surface area is 122 Å². The Kier molecular flexibility index (Phi) is 3.56. The lowest BCUT2D eigenvalue weighted by molar-refractivity contribution is 0.0701. The first kappa shape index (κ1) is 13.3. The molecule has 106 valence electrons. The van der Waals surface area contributed by atoms with Crippen LogP contribution in [0.5, 0.6) is 0 Å². The van der Waals surface area contributed by atoms with E-state index in [-0.39, 0.29) is 5.91 Å². The van der Waals surface area contributed by atoms with Crippen LogP contribution in [-0.4, -0.2) is 38.8 Å². The fourth-order valence-electron chi connectivity index (χ4n) is 2.62. The molecule has 1 saturated heterocycles. The van der Waals surface area contributed by atoms with Gasteiger partial charge in [0.15, 0.2) is 0 Å². The van der Waals surface area contributed by atoms with Crippen LogP contribution in [0.3, 0.4) is 0 Å². The predicted molar refractivity (Wildman–Crippen MR) is 78.1 cm³/mol. The standard InChI is InChI=1S/C14H18N4OS/c1-9-8-20-13(16-9)11-4-3-5-18(7-11)14(19)12-6-15-10(2)17-12/h6,8,11H,3-5,7H2,1-2H3,(H,15,17)/t11-/m0/s1. The number of thiazole rings is 1. The topological polar surface area (TPSA) is 61.9 Å². The molecular weight excluding hydrogens is 272 g/mol. The van der Waals surface area contributed by atoms with E-state index in [2.05, 4.69) is 20.3 Å². The van der Waals surface area contributed by atoms with E-state index in [9.17, 15) is 4.79 Å². The van der Waals surface area contributed by atoms with Crippen LogP contribution in [-0.2, 0) is 0 Å². The fraction of sp³-hybridized carbons (Fsp3) is 0.500. The summed E-state index contributed by atoms with van der Waals surface area (Å²) in [6, 6.07) is 0. The molecule has 0 bridgehead atoms. The molecule has 1 aliphatic heterocycles. The number of carbonyl (C=O) groups is 1. The lowest BCUT2D eigenvalue weighted by Gasteiger charge is -2.31. The summed E-state index contributed by atoms with van der Waals surface area (Å²) in [5, 5.41) is 3.23. The maximum Gasteiger partial charge on any atom is 0.271 e. The van der Waals surface area contributed by atoms with Gasteiger partial charge in [-0.15, -0.1) is 11.3 Å². The quantitative estimate of drug-likeness (QED) is 0.924. The largest absolute Gasteiger partial charge is 0.338 e. The predicted octanol–water partition coefficient (Wildman–Crippen LogP) is 2.50. The second kappa shape index (κ2) is 5.36. The number of nitrogens with one attached hydrogen (secondary N) is 1. The minimum absolute atomic E-state index is 0.0450. The Morgan fingerprint density at radius 1 is 1.50 bits per heavy atom. The molecule has 0 radical (unpaired) electrons. The fourth-order valence-corrected chi connectivity index (χ4v) is 3.55. The summed E-state index contributed by atoms with van der Waals surface area (Å²) in [6.45, 7) is 5.44. The minimum atomic E-state index is 0.0450. The normalized spacial score (nSPS) is 19.3. The molecule has 20 heavy (non-hydrogen) atoms. The number of aromatic amines is 1. The number of nitrogens with zero attached hydrogens (tertiary/aromatic N) is 3. The number of aryl methyl sites for hydroxylation is 2. The van der Waals surface area contributed by atoms with Crippen molar-refractivity contribution >= 4 is 17.2 Å². The smallest absolute Gasteiger partial charge is 0.271 e. The molecule has 3 rings (SSSR count). The van der Waals surface area contributed by atoms with Crippen LogP contribution in [0.4, 0.5) is 0 Å². The second-order valence-electron chi connectivity index (χ2n) is 5.30. The van der Waals surface area contributed by atoms with Crippen LogP contribution >= 0.6 is 11.3 Å². The number of aromatic nitrogens is 3. The van der Waals surface area contributed by atoms with Gasteiger partial charge in [0.25, 0.3) is 5.91 Å². The average molecular weight is 290 g/mol. The monoisotopic (exact) mass is 290 g/mol. The minimum Gasteiger partial charge on any atom is -0.338 e. The van der Waals surface area contributed by atoms with Gasteiger partial charge in [-0.2, -0.15) is 0 Å². The van der Waals surface area contributed by atoms with Crippen molar-refractivity contribution in [3.8, 4) is 0 Å². The van der Waals surface area contributed by atoms with Gasteiger partial charge in [0.1, 0.15) is 11.5 Å². The number of hydrogen-bond donors (Lipinski definition) is 1. The number of likely N-dealkylation sites (tertiary alicyclic amines) is 1. The van der Waals surface area contributed by atoms with E-state index in [0.717, 1.165) is 42.5 Å². The van der Waals surface area contributed by atoms with Gasteiger partial charge in [0, 0.05) is 30.1 Å². The number of hydrogen-bond acceptors (Lipinski definition) is 4. The number of amides is 1. The Hall–Kier alpha value is -1.69. The summed E-state index contributed by atoms with van der Waals surface area (Å²) >= 11 is 1.70. The SMILES string of the molecule is Cc1csc([C@H]2CCCN(C(=O)c3cnc(C)[nH]3)C2)n1. The van der Waals surface area contributed by atoms with Crippen molar-refractivity contribution < 1.29 is 4.79 Å². The third-order valence-corrected chi connectivity index (χ3v) is 4.75. The van der Waals surface area contributed by atoms with E-state index in [1.54, 1.807) is 17.5 Å². The molecule has 3 heterocycles. The van der Waals surface area contributed by atoms with Gasteiger partial charge in [-0.3, -0.25) is 4.79 Å². The zero-order valence-corrected chi connectivity index (χ0v) is 12.5. The van der Waals surface area contributed by atoms with Crippen molar-refractivity contribution in [1.29, 1.82) is 0 Å². The van der Waals surface area contributed by atoms with E-state index < -0.39 is 0 Å². The van der Waals surface area contributed by atoms with Gasteiger partial charge in [0.2, 0.25) is 0 Å². The van der Waals surface area contributed by atoms with Gasteiger partial charge in [-0.1, -0.05) is 0 Å². The first-order valence-electron chi connectivity index (χ1n) is 6.86. The van der Waals surface area contributed by atoms with Crippen LogP contribution < -0.4 is 0 Å². The van der Waals surface area contributed by atoms with Gasteiger partial charge in [-0.25, -0.2) is 9.97 Å². The lowest BCUT2D eigenvalue weighted by atomic mass is 9.98. The first-order chi connectivity index (χ1) is 9.63. The molecule has 5 nitrogen and oxygen atoms in total. The summed E-state index contributed by atoms with van der Waals surface area (Å²) in [7, 11) is 0. The number of imidazole rings is 1. The Morgan fingerprint density at radius 3 is 3.00 bits per heavy atom. The highest BCUT2D eigenvalue weighted by molar-refractivity contribution is 7.09. The van der Waals surface area contributed by atoms with Crippen LogP contribution in [0.2, 0.25) is 0 Å². The van der Waals surface area contributed by atoms with Gasteiger partial charge in [0.05, 0.1) is 11.2 Å². The molecule has 2 aromatic rings. The van der Waals surface area contributed by atoms with E-state index in [4.69, 9.17) is 0 Å². The molecule has 1 N–H and O–H groups in total. The summed E-state index contributed by atoms with van der Waals surface area (Å²) in [5.41, 5.74) is 1.65. The Morgan fingerprint density at radius 2 is 2.35 bits per heavy atom. The summed E-state index contributed by atoms with van der Waals surface area (Å²) in [4.78, 5) is 26.0. The number of carbonyl (C=O) groups excluding carboxylic acids is 1. The molecule has 1 atom stereocenters. The second-order valence-corrected chi connectivity index (χ2v) is 6.19. The summed E-state index contributed by atoms with van der Waals surface area (Å²) in [5.74, 6) is 1.19. The maximum atomic E-state index is 12.4. The van der Waals surface area contributed by atoms with Crippen LogP contribution in [0.25, 0.3) is 0 Å². The van der Waals surface area contributed by atoms with Crippen molar-refractivity contribution in [2.24, 2.45) is 0 Å². The first-order valence-corrected chi connectivity index (χ1v) is 7.74. The van der Waals surface area contributed by atoms with Crippen molar-refractivity contribution in [1.82, 2.24) is 19.9 Å². The number of piperidine rings is 1. The van der Waals surface area contributed by atoms with Gasteiger partial charge >= 0.3 is 0 Å². The van der Waals surface area contributed by atoms with Crippen molar-refractivity contribution in [3.05, 3.63) is 33.8 Å². The van der Waals surface area contributed by atoms with Crippen molar-refractivity contribution in [2.75, 3.05) is 13.1 Å². The zero-order valence-electron chi connectivity index (χ0n) is 11.7. The third kappa shape index (κ3) is 2.60. The molecule has 6 heteroatoms. The molecule has 0 unspecified atom stereocenters. The van der Waals surface area contributed by atoms with E-state index in [0.29, 0.717) is 11.6 Å². The zero-order chi connectivity index (χ0) is 14.1. The van der Waals surface area contributed by atoms with Crippen LogP contribution in [0.1, 0.15) is 45.8 Å². The average Bonchev–Trinajstić information content (AvgIpc) is 3.07. The highest BCUT2D eigenvalue weighted by Crippen LogP contribution is 2.29. The number of H-pyrrole nitrogens is 1. The van der Waals surface area contributed by atoms with Crippen molar-refractivity contribution in [3.63, 3.8) is 0 Å². The Balaban J connectivity index is 1.73. The third-order valence-electron chi connectivity index (χ3n) is 3.63. The molecule has 1 fully saturated rings. The molecule has 2 aromatic heterocycles. The van der Waals surface area contributed by atoms with E-state index >= 15 is 0 Å². The maximum absolute atomic E-state index is 12.4. The van der Waals surface area contributed by atoms with Crippen molar-refractivity contribution in [2.45, 2.75) is 32.6 Å². The molecule has 0 aliphatic carbocycles. The van der Waals surface area contributed by atoms with E-state index in [1.807, 2.05) is 18.7 Å². The molecular formula is C14H18N4OS. The molecule has 0 aromatic carbocycles. The number of rotatable bonds is 2. The van der Waals surface area contributed by atoms with E-state index in [1.165, 1.54) is 0 Å². The van der Waals surface area contributed by atoms with Crippen LogP contribution in [0.15, 0.2) is 11.6 Å².